The van der Waals surface area contributed by atoms with E-state index in [4.69, 9.17) is 14.6 Å². The van der Waals surface area contributed by atoms with Gasteiger partial charge in [0.15, 0.2) is 0 Å². The minimum Gasteiger partial charge on any atom is -0.496 e. The number of rotatable bonds is 13. The molecule has 0 aliphatic heterocycles. The number of aliphatic hydroxyl groups is 1. The molecule has 2 N–H and O–H groups in total. The van der Waals surface area contributed by atoms with Crippen LogP contribution in [0, 0.1) is 24.7 Å². The number of benzene rings is 2. The summed E-state index contributed by atoms with van der Waals surface area (Å²) in [5, 5.41) is 11.8. The summed E-state index contributed by atoms with van der Waals surface area (Å²) in [6.45, 7) is 11.2. The van der Waals surface area contributed by atoms with Gasteiger partial charge in [-0.2, -0.15) is 0 Å². The van der Waals surface area contributed by atoms with Gasteiger partial charge in [-0.3, -0.25) is 4.79 Å². The van der Waals surface area contributed by atoms with Gasteiger partial charge in [-0.1, -0.05) is 49.2 Å². The third-order valence-electron chi connectivity index (χ3n) is 9.93. The zero-order valence-electron chi connectivity index (χ0n) is 27.5. The molecule has 248 valence electrons. The van der Waals surface area contributed by atoms with Gasteiger partial charge in [-0.25, -0.2) is 4.79 Å². The summed E-state index contributed by atoms with van der Waals surface area (Å²) in [7, 11) is 1.72. The molecule has 0 spiro atoms. The fourth-order valence-corrected chi connectivity index (χ4v) is 7.98. The number of methoxy groups -OCH3 is 1. The summed E-state index contributed by atoms with van der Waals surface area (Å²) in [5.74, 6) is 2.56. The number of amides is 2. The van der Waals surface area contributed by atoms with Crippen LogP contribution in [0.5, 0.6) is 5.75 Å². The number of alkyl carbamates (subject to hydrolysis) is 1. The van der Waals surface area contributed by atoms with Crippen LogP contribution in [0.3, 0.4) is 0 Å². The lowest BCUT2D eigenvalue weighted by Gasteiger charge is -2.36. The lowest BCUT2D eigenvalue weighted by Crippen LogP contribution is -2.44. The number of aliphatic hydroxyl groups excluding tert-OH is 1. The van der Waals surface area contributed by atoms with Gasteiger partial charge in [-0.05, 0) is 129 Å². The molecule has 2 aromatic rings. The fourth-order valence-electron chi connectivity index (χ4n) is 7.02. The normalized spacial score (nSPS) is 22.8. The number of carbonyl (C=O) groups excluding carboxylic acids is 2. The zero-order valence-corrected chi connectivity index (χ0v) is 28.3. The standard InChI is InChI=1S/C38H50N2O5S/c1-25-22-33(16-19-36(25)44-4)30-10-8-28(9-11-30)24-40(35-7-5-6-32(23-35)27(3)46-26(2)29-12-13-29)37(42)31-14-17-34(18-15-31)39-38(43)45-21-20-41/h5-7,16,19,22-23,28-31,34,41H,2-3,8-15,17-18,20-21,24H2,1,4H3,(H,39,43). The zero-order chi connectivity index (χ0) is 32.6. The summed E-state index contributed by atoms with van der Waals surface area (Å²) in [4.78, 5) is 30.5. The highest BCUT2D eigenvalue weighted by Gasteiger charge is 2.33. The van der Waals surface area contributed by atoms with Crippen LogP contribution in [0.15, 0.2) is 60.5 Å². The van der Waals surface area contributed by atoms with E-state index in [1.54, 1.807) is 18.9 Å². The van der Waals surface area contributed by atoms with Crippen molar-refractivity contribution in [2.45, 2.75) is 83.1 Å². The Bertz CT molecular complexity index is 1390. The third-order valence-corrected chi connectivity index (χ3v) is 11.0. The molecule has 0 bridgehead atoms. The molecule has 5 rings (SSSR count). The highest BCUT2D eigenvalue weighted by molar-refractivity contribution is 8.11. The van der Waals surface area contributed by atoms with Crippen molar-refractivity contribution in [3.05, 3.63) is 77.2 Å². The van der Waals surface area contributed by atoms with E-state index < -0.39 is 6.09 Å². The first-order chi connectivity index (χ1) is 22.2. The average Bonchev–Trinajstić information content (AvgIpc) is 3.93. The molecule has 0 atom stereocenters. The fraction of sp³-hybridized carbons (Fsp3) is 0.526. The van der Waals surface area contributed by atoms with E-state index in [2.05, 4.69) is 61.8 Å². The van der Waals surface area contributed by atoms with Gasteiger partial charge in [0.05, 0.1) is 13.7 Å². The van der Waals surface area contributed by atoms with Crippen molar-refractivity contribution in [3.63, 3.8) is 0 Å². The van der Waals surface area contributed by atoms with Crippen LogP contribution in [0.25, 0.3) is 4.91 Å². The van der Waals surface area contributed by atoms with E-state index in [-0.39, 0.29) is 31.1 Å². The Morgan fingerprint density at radius 1 is 0.957 bits per heavy atom. The summed E-state index contributed by atoms with van der Waals surface area (Å²) in [5.41, 5.74) is 4.52. The molecular formula is C38H50N2O5S. The minimum absolute atomic E-state index is 0.0189. The van der Waals surface area contributed by atoms with Crippen LogP contribution >= 0.6 is 11.8 Å². The number of anilines is 1. The van der Waals surface area contributed by atoms with Gasteiger partial charge in [0.1, 0.15) is 12.4 Å². The van der Waals surface area contributed by atoms with Crippen LogP contribution in [0.4, 0.5) is 10.5 Å². The van der Waals surface area contributed by atoms with E-state index in [1.807, 2.05) is 11.0 Å². The molecule has 0 heterocycles. The van der Waals surface area contributed by atoms with Gasteiger partial charge in [0.25, 0.3) is 0 Å². The van der Waals surface area contributed by atoms with Crippen LogP contribution in [-0.4, -0.2) is 50.0 Å². The molecule has 46 heavy (non-hydrogen) atoms. The molecule has 3 saturated carbocycles. The van der Waals surface area contributed by atoms with Gasteiger partial charge in [-0.15, -0.1) is 0 Å². The number of thioether (sulfide) groups is 1. The van der Waals surface area contributed by atoms with Crippen molar-refractivity contribution in [1.29, 1.82) is 0 Å². The second-order valence-corrected chi connectivity index (χ2v) is 14.5. The molecule has 3 fully saturated rings. The Morgan fingerprint density at radius 2 is 1.67 bits per heavy atom. The predicted octanol–water partition coefficient (Wildman–Crippen LogP) is 8.22. The molecule has 7 nitrogen and oxygen atoms in total. The number of aryl methyl sites for hydroxylation is 1. The molecule has 2 amide bonds. The Kier molecular flexibility index (Phi) is 11.9. The van der Waals surface area contributed by atoms with Gasteiger partial charge < -0.3 is 24.8 Å². The van der Waals surface area contributed by atoms with Gasteiger partial charge in [0.2, 0.25) is 5.91 Å². The lowest BCUT2D eigenvalue weighted by molar-refractivity contribution is -0.123. The number of carbonyl (C=O) groups is 2. The summed E-state index contributed by atoms with van der Waals surface area (Å²) in [6.07, 6.45) is 9.17. The van der Waals surface area contributed by atoms with Crippen molar-refractivity contribution in [2.24, 2.45) is 17.8 Å². The van der Waals surface area contributed by atoms with E-state index in [0.717, 1.165) is 60.4 Å². The van der Waals surface area contributed by atoms with Crippen LogP contribution in [0.1, 0.15) is 86.8 Å². The molecular weight excluding hydrogens is 596 g/mol. The van der Waals surface area contributed by atoms with E-state index in [0.29, 0.717) is 37.1 Å². The first-order valence-electron chi connectivity index (χ1n) is 16.9. The molecule has 0 saturated heterocycles. The monoisotopic (exact) mass is 646 g/mol. The number of nitrogens with zero attached hydrogens (tertiary/aromatic N) is 1. The van der Waals surface area contributed by atoms with E-state index >= 15 is 0 Å². The highest BCUT2D eigenvalue weighted by atomic mass is 32.2. The molecule has 0 radical (unpaired) electrons. The van der Waals surface area contributed by atoms with E-state index in [1.165, 1.54) is 28.9 Å². The number of ether oxygens (including phenoxy) is 2. The number of nitrogens with one attached hydrogen (secondary N) is 1. The second-order valence-electron chi connectivity index (χ2n) is 13.3. The SMILES string of the molecule is C=C(SC(=C)C1CC1)c1cccc(N(CC2CCC(c3ccc(OC)c(C)c3)CC2)C(=O)C2CCC(NC(=O)OCCO)CC2)c1. The quantitative estimate of drug-likeness (QED) is 0.228. The first kappa shape index (κ1) is 34.1. The van der Waals surface area contributed by atoms with Crippen molar-refractivity contribution >= 4 is 34.4 Å². The summed E-state index contributed by atoms with van der Waals surface area (Å²) < 4.78 is 10.4. The summed E-state index contributed by atoms with van der Waals surface area (Å²) in [6, 6.07) is 14.8. The van der Waals surface area contributed by atoms with Gasteiger partial charge in [0, 0.05) is 29.1 Å². The topological polar surface area (TPSA) is 88.1 Å². The van der Waals surface area contributed by atoms with E-state index in [9.17, 15) is 9.59 Å². The van der Waals surface area contributed by atoms with Crippen molar-refractivity contribution in [3.8, 4) is 5.75 Å². The Morgan fingerprint density at radius 3 is 2.33 bits per heavy atom. The number of allylic oxidation sites excluding steroid dienone is 1. The molecule has 0 unspecified atom stereocenters. The van der Waals surface area contributed by atoms with Crippen molar-refractivity contribution in [1.82, 2.24) is 5.32 Å². The molecule has 0 aromatic heterocycles. The first-order valence-corrected chi connectivity index (χ1v) is 17.7. The molecule has 8 heteroatoms. The van der Waals surface area contributed by atoms with Crippen LogP contribution in [0.2, 0.25) is 0 Å². The second kappa shape index (κ2) is 16.1. The van der Waals surface area contributed by atoms with Crippen LogP contribution < -0.4 is 15.0 Å². The maximum absolute atomic E-state index is 14.3. The molecule has 3 aliphatic rings. The average molecular weight is 647 g/mol. The number of hydrogen-bond donors (Lipinski definition) is 2. The third kappa shape index (κ3) is 8.97. The smallest absolute Gasteiger partial charge is 0.407 e. The van der Waals surface area contributed by atoms with Crippen molar-refractivity contribution in [2.75, 3.05) is 31.8 Å². The lowest BCUT2D eigenvalue weighted by atomic mass is 9.78. The maximum atomic E-state index is 14.3. The van der Waals surface area contributed by atoms with Crippen LogP contribution in [-0.2, 0) is 9.53 Å². The number of hydrogen-bond acceptors (Lipinski definition) is 6. The maximum Gasteiger partial charge on any atom is 0.407 e. The Labute approximate surface area is 278 Å². The summed E-state index contributed by atoms with van der Waals surface area (Å²) >= 11 is 1.67. The Hall–Kier alpha value is -3.23. The van der Waals surface area contributed by atoms with Crippen molar-refractivity contribution < 1.29 is 24.2 Å². The minimum atomic E-state index is -0.509. The highest BCUT2D eigenvalue weighted by Crippen LogP contribution is 2.46. The molecule has 2 aromatic carbocycles. The molecule has 3 aliphatic carbocycles. The Balaban J connectivity index is 1.27. The largest absolute Gasteiger partial charge is 0.496 e. The van der Waals surface area contributed by atoms with Gasteiger partial charge >= 0.3 is 6.09 Å². The predicted molar refractivity (Wildman–Crippen MR) is 187 cm³/mol.